The number of rotatable bonds is 3. The van der Waals surface area contributed by atoms with Crippen LogP contribution in [0.15, 0.2) is 41.3 Å². The molecule has 0 aliphatic carbocycles. The molecule has 4 rings (SSSR count). The number of amides is 1. The minimum atomic E-state index is -1.78. The Morgan fingerprint density at radius 3 is 2.52 bits per heavy atom. The van der Waals surface area contributed by atoms with Gasteiger partial charge in [-0.05, 0) is 42.3 Å². The van der Waals surface area contributed by atoms with E-state index in [1.54, 1.807) is 12.1 Å². The van der Waals surface area contributed by atoms with Gasteiger partial charge in [-0.1, -0.05) is 32.4 Å². The van der Waals surface area contributed by atoms with E-state index in [0.29, 0.717) is 24.2 Å². The first-order chi connectivity index (χ1) is 14.6. The molecule has 8 heteroatoms. The number of carbonyl (C=O) groups is 2. The zero-order chi connectivity index (χ0) is 22.5. The minimum absolute atomic E-state index is 0.128. The molecule has 0 radical (unpaired) electrons. The van der Waals surface area contributed by atoms with Crippen LogP contribution in [-0.4, -0.2) is 32.7 Å². The predicted molar refractivity (Wildman–Crippen MR) is 122 cm³/mol. The Bertz CT molecular complexity index is 1200. The standard InChI is InChI=1S/C23H24ClN3O3S/c1-23(2,3)22(29)27-9-8-15-16-10-13(5-7-18(16)26-19(15)12-27)21(28)14-4-6-17(24)20(11-14)31(25)30/h4-7,10-11,26H,8-9,12,25H2,1-3H3. The number of nitrogens with one attached hydrogen (secondary N) is 1. The van der Waals surface area contributed by atoms with Crippen LogP contribution in [0.3, 0.4) is 0 Å². The molecule has 0 bridgehead atoms. The average Bonchev–Trinajstić information content (AvgIpc) is 3.09. The van der Waals surface area contributed by atoms with Crippen molar-refractivity contribution in [1.82, 2.24) is 9.88 Å². The van der Waals surface area contributed by atoms with E-state index in [9.17, 15) is 14.1 Å². The van der Waals surface area contributed by atoms with Crippen LogP contribution in [0.4, 0.5) is 0 Å². The number of H-pyrrole nitrogens is 1. The van der Waals surface area contributed by atoms with E-state index in [4.69, 9.17) is 16.7 Å². The van der Waals surface area contributed by atoms with Crippen molar-refractivity contribution >= 4 is 45.6 Å². The van der Waals surface area contributed by atoms with E-state index in [1.807, 2.05) is 37.8 Å². The van der Waals surface area contributed by atoms with Gasteiger partial charge in [0, 0.05) is 45.7 Å². The van der Waals surface area contributed by atoms with Gasteiger partial charge in [0.1, 0.15) is 0 Å². The van der Waals surface area contributed by atoms with Crippen molar-refractivity contribution in [1.29, 1.82) is 0 Å². The summed E-state index contributed by atoms with van der Waals surface area (Å²) >= 11 is 4.25. The lowest BCUT2D eigenvalue weighted by atomic mass is 9.93. The zero-order valence-corrected chi connectivity index (χ0v) is 19.2. The lowest BCUT2D eigenvalue weighted by molar-refractivity contribution is -0.140. The van der Waals surface area contributed by atoms with Gasteiger partial charge in [-0.15, -0.1) is 5.14 Å². The molecule has 162 valence electrons. The summed E-state index contributed by atoms with van der Waals surface area (Å²) in [6.45, 7) is 6.96. The zero-order valence-electron chi connectivity index (χ0n) is 17.6. The smallest absolute Gasteiger partial charge is 0.228 e. The van der Waals surface area contributed by atoms with E-state index in [1.165, 1.54) is 12.1 Å². The van der Waals surface area contributed by atoms with Crippen LogP contribution in [0, 0.1) is 5.41 Å². The van der Waals surface area contributed by atoms with E-state index in [0.717, 1.165) is 28.6 Å². The predicted octanol–water partition coefficient (Wildman–Crippen LogP) is 3.96. The molecular weight excluding hydrogens is 434 g/mol. The maximum absolute atomic E-state index is 13.1. The highest BCUT2D eigenvalue weighted by atomic mass is 35.5. The van der Waals surface area contributed by atoms with Gasteiger partial charge in [0.2, 0.25) is 5.91 Å². The van der Waals surface area contributed by atoms with Crippen LogP contribution in [0.2, 0.25) is 5.02 Å². The maximum atomic E-state index is 13.1. The molecule has 0 spiro atoms. The summed E-state index contributed by atoms with van der Waals surface area (Å²) in [5.41, 5.74) is 3.57. The molecule has 1 aromatic heterocycles. The van der Waals surface area contributed by atoms with E-state index in [-0.39, 0.29) is 21.6 Å². The molecule has 1 aliphatic heterocycles. The highest BCUT2D eigenvalue weighted by Gasteiger charge is 2.31. The van der Waals surface area contributed by atoms with Gasteiger partial charge in [-0.2, -0.15) is 0 Å². The normalized spacial score (nSPS) is 15.1. The van der Waals surface area contributed by atoms with Gasteiger partial charge in [0.05, 0.1) is 22.9 Å². The number of hydrogen-bond donors (Lipinski definition) is 2. The number of halogens is 1. The van der Waals surface area contributed by atoms with Crippen LogP contribution in [0.5, 0.6) is 0 Å². The van der Waals surface area contributed by atoms with Gasteiger partial charge in [-0.3, -0.25) is 9.59 Å². The summed E-state index contributed by atoms with van der Waals surface area (Å²) in [6, 6.07) is 10.1. The number of ketones is 1. The molecule has 1 amide bonds. The molecule has 0 saturated carbocycles. The third kappa shape index (κ3) is 4.11. The summed E-state index contributed by atoms with van der Waals surface area (Å²) in [4.78, 5) is 31.3. The topological polar surface area (TPSA) is 102 Å². The lowest BCUT2D eigenvalue weighted by Crippen LogP contribution is -2.42. The van der Waals surface area contributed by atoms with E-state index < -0.39 is 16.8 Å². The fourth-order valence-corrected chi connectivity index (χ4v) is 4.84. The van der Waals surface area contributed by atoms with Crippen molar-refractivity contribution in [2.24, 2.45) is 10.6 Å². The van der Waals surface area contributed by atoms with Crippen molar-refractivity contribution in [3.8, 4) is 0 Å². The molecule has 1 atom stereocenters. The molecule has 1 unspecified atom stereocenters. The summed E-state index contributed by atoms with van der Waals surface area (Å²) in [5.74, 6) is -0.0657. The van der Waals surface area contributed by atoms with Crippen LogP contribution in [0.25, 0.3) is 10.9 Å². The summed E-state index contributed by atoms with van der Waals surface area (Å²) in [5, 5.41) is 6.71. The fraction of sp³-hybridized carbons (Fsp3) is 0.304. The first-order valence-electron chi connectivity index (χ1n) is 9.99. The van der Waals surface area contributed by atoms with Gasteiger partial charge in [-0.25, -0.2) is 0 Å². The van der Waals surface area contributed by atoms with Crippen molar-refractivity contribution in [2.75, 3.05) is 6.54 Å². The highest BCUT2D eigenvalue weighted by Crippen LogP contribution is 2.31. The molecular formula is C23H24ClN3O3S. The van der Waals surface area contributed by atoms with Crippen molar-refractivity contribution in [2.45, 2.75) is 38.6 Å². The number of aromatic nitrogens is 1. The van der Waals surface area contributed by atoms with Crippen LogP contribution in [0.1, 0.15) is 48.0 Å². The third-order valence-electron chi connectivity index (χ3n) is 5.58. The second kappa shape index (κ2) is 7.98. The first-order valence-corrected chi connectivity index (χ1v) is 11.6. The number of benzene rings is 2. The van der Waals surface area contributed by atoms with Gasteiger partial charge < -0.3 is 14.4 Å². The van der Waals surface area contributed by atoms with Crippen LogP contribution in [-0.2, 0) is 29.1 Å². The third-order valence-corrected chi connectivity index (χ3v) is 6.79. The van der Waals surface area contributed by atoms with Crippen LogP contribution >= 0.6 is 11.6 Å². The SMILES string of the molecule is CC(C)(C)C(=O)N1CCc2c([nH]c3ccc(C(=O)c4ccc(Cl)c([S+](N)[O-])c4)cc23)C1. The molecule has 6 nitrogen and oxygen atoms in total. The number of nitrogens with zero attached hydrogens (tertiary/aromatic N) is 1. The number of fused-ring (bicyclic) bond motifs is 3. The van der Waals surface area contributed by atoms with E-state index >= 15 is 0 Å². The summed E-state index contributed by atoms with van der Waals surface area (Å²) in [7, 11) is 0. The molecule has 2 aromatic carbocycles. The fourth-order valence-electron chi connectivity index (χ4n) is 4.00. The number of nitrogens with two attached hydrogens (primary N) is 1. The Hall–Kier alpha value is -2.32. The largest absolute Gasteiger partial charge is 0.593 e. The molecule has 1 aliphatic rings. The second-order valence-corrected chi connectivity index (χ2v) is 10.3. The Kier molecular flexibility index (Phi) is 5.64. The van der Waals surface area contributed by atoms with Crippen LogP contribution < -0.4 is 5.14 Å². The number of aromatic amines is 1. The second-order valence-electron chi connectivity index (χ2n) is 8.84. The molecule has 0 saturated heterocycles. The number of hydrogen-bond acceptors (Lipinski definition) is 4. The Morgan fingerprint density at radius 1 is 1.16 bits per heavy atom. The maximum Gasteiger partial charge on any atom is 0.228 e. The first kappa shape index (κ1) is 21.9. The van der Waals surface area contributed by atoms with Crippen molar-refractivity contribution in [3.05, 3.63) is 63.8 Å². The quantitative estimate of drug-likeness (QED) is 0.459. The molecule has 2 heterocycles. The van der Waals surface area contributed by atoms with E-state index in [2.05, 4.69) is 4.98 Å². The Balaban J connectivity index is 1.67. The highest BCUT2D eigenvalue weighted by molar-refractivity contribution is 7.89. The van der Waals surface area contributed by atoms with Crippen molar-refractivity contribution in [3.63, 3.8) is 0 Å². The molecule has 0 fully saturated rings. The Morgan fingerprint density at radius 2 is 1.84 bits per heavy atom. The monoisotopic (exact) mass is 457 g/mol. The lowest BCUT2D eigenvalue weighted by Gasteiger charge is -2.32. The van der Waals surface area contributed by atoms with Crippen molar-refractivity contribution < 1.29 is 14.1 Å². The molecule has 3 N–H and O–H groups in total. The van der Waals surface area contributed by atoms with Gasteiger partial charge >= 0.3 is 0 Å². The minimum Gasteiger partial charge on any atom is -0.593 e. The van der Waals surface area contributed by atoms with Gasteiger partial charge in [0.15, 0.2) is 10.7 Å². The molecule has 3 aromatic rings. The van der Waals surface area contributed by atoms with Gasteiger partial charge in [0.25, 0.3) is 0 Å². The summed E-state index contributed by atoms with van der Waals surface area (Å²) in [6.07, 6.45) is 0.728. The Labute approximate surface area is 189 Å². The average molecular weight is 458 g/mol. The summed E-state index contributed by atoms with van der Waals surface area (Å²) < 4.78 is 11.7. The molecule has 31 heavy (non-hydrogen) atoms. The number of carbonyl (C=O) groups excluding carboxylic acids is 2.